The molecule has 1 aliphatic carbocycles. The van der Waals surface area contributed by atoms with Crippen LogP contribution >= 0.6 is 0 Å². The van der Waals surface area contributed by atoms with E-state index in [1.807, 2.05) is 23.1 Å². The summed E-state index contributed by atoms with van der Waals surface area (Å²) in [7, 11) is 0. The monoisotopic (exact) mass is 245 g/mol. The van der Waals surface area contributed by atoms with E-state index >= 15 is 0 Å². The van der Waals surface area contributed by atoms with Gasteiger partial charge >= 0.3 is 0 Å². The molecule has 3 heteroatoms. The summed E-state index contributed by atoms with van der Waals surface area (Å²) >= 11 is 0. The van der Waals surface area contributed by atoms with Gasteiger partial charge in [-0.3, -0.25) is 4.79 Å². The van der Waals surface area contributed by atoms with E-state index in [0.29, 0.717) is 5.92 Å². The van der Waals surface area contributed by atoms with E-state index < -0.39 is 0 Å². The third-order valence-corrected chi connectivity index (χ3v) is 4.21. The third kappa shape index (κ3) is 2.03. The van der Waals surface area contributed by atoms with Gasteiger partial charge in [-0.25, -0.2) is 0 Å². The number of carbonyl (C=O) groups is 1. The van der Waals surface area contributed by atoms with E-state index in [0.717, 1.165) is 25.8 Å². The molecule has 2 fully saturated rings. The smallest absolute Gasteiger partial charge is 0.226 e. The van der Waals surface area contributed by atoms with Crippen molar-refractivity contribution >= 4 is 5.91 Å². The molecule has 3 atom stereocenters. The molecule has 3 nitrogen and oxygen atoms in total. The van der Waals surface area contributed by atoms with E-state index in [4.69, 9.17) is 0 Å². The van der Waals surface area contributed by atoms with Crippen LogP contribution in [0.5, 0.6) is 0 Å². The molecule has 0 radical (unpaired) electrons. The van der Waals surface area contributed by atoms with Gasteiger partial charge in [-0.15, -0.1) is 0 Å². The molecule has 96 valence electrons. The zero-order valence-electron chi connectivity index (χ0n) is 10.5. The molecule has 1 amide bonds. The molecule has 1 aromatic rings. The Morgan fingerprint density at radius 2 is 2.11 bits per heavy atom. The van der Waals surface area contributed by atoms with Gasteiger partial charge in [0.15, 0.2) is 0 Å². The molecule has 1 saturated heterocycles. The summed E-state index contributed by atoms with van der Waals surface area (Å²) in [5, 5.41) is 9.28. The van der Waals surface area contributed by atoms with E-state index in [1.54, 1.807) is 0 Å². The van der Waals surface area contributed by atoms with Crippen LogP contribution in [0, 0.1) is 5.92 Å². The highest BCUT2D eigenvalue weighted by atomic mass is 16.3. The maximum absolute atomic E-state index is 12.4. The number of aliphatic hydroxyl groups is 1. The number of hydrogen-bond acceptors (Lipinski definition) is 2. The largest absolute Gasteiger partial charge is 0.394 e. The van der Waals surface area contributed by atoms with Crippen LogP contribution in [0.1, 0.15) is 30.7 Å². The Morgan fingerprint density at radius 3 is 2.83 bits per heavy atom. The standard InChI is InChI=1S/C15H19NO2/c17-10-12-7-4-8-16(12)15(18)14-9-13(14)11-5-2-1-3-6-11/h1-3,5-6,12-14,17H,4,7-10H2/t12-,13?,14?/m1/s1. The second-order valence-electron chi connectivity index (χ2n) is 5.37. The lowest BCUT2D eigenvalue weighted by Crippen LogP contribution is -2.38. The Kier molecular flexibility index (Phi) is 3.08. The van der Waals surface area contributed by atoms with Crippen molar-refractivity contribution < 1.29 is 9.90 Å². The minimum Gasteiger partial charge on any atom is -0.394 e. The first-order chi connectivity index (χ1) is 8.81. The number of hydrogen-bond donors (Lipinski definition) is 1. The van der Waals surface area contributed by atoms with Crippen LogP contribution in [-0.2, 0) is 4.79 Å². The number of amides is 1. The molecule has 0 spiro atoms. The second kappa shape index (κ2) is 4.73. The van der Waals surface area contributed by atoms with Crippen molar-refractivity contribution in [1.82, 2.24) is 4.90 Å². The summed E-state index contributed by atoms with van der Waals surface area (Å²) in [4.78, 5) is 14.3. The molecule has 0 bridgehead atoms. The van der Waals surface area contributed by atoms with Crippen molar-refractivity contribution in [3.05, 3.63) is 35.9 Å². The third-order valence-electron chi connectivity index (χ3n) is 4.21. The first-order valence-corrected chi connectivity index (χ1v) is 6.77. The van der Waals surface area contributed by atoms with Gasteiger partial charge in [0, 0.05) is 12.5 Å². The number of likely N-dealkylation sites (tertiary alicyclic amines) is 1. The van der Waals surface area contributed by atoms with Crippen molar-refractivity contribution in [1.29, 1.82) is 0 Å². The van der Waals surface area contributed by atoms with Crippen LogP contribution in [0.2, 0.25) is 0 Å². The van der Waals surface area contributed by atoms with Crippen LogP contribution in [-0.4, -0.2) is 35.1 Å². The molecule has 1 N–H and O–H groups in total. The van der Waals surface area contributed by atoms with E-state index in [1.165, 1.54) is 5.56 Å². The van der Waals surface area contributed by atoms with Crippen molar-refractivity contribution in [3.63, 3.8) is 0 Å². The molecule has 1 aromatic carbocycles. The predicted molar refractivity (Wildman–Crippen MR) is 69.1 cm³/mol. The second-order valence-corrected chi connectivity index (χ2v) is 5.37. The van der Waals surface area contributed by atoms with Crippen LogP contribution in [0.25, 0.3) is 0 Å². The Balaban J connectivity index is 1.66. The lowest BCUT2D eigenvalue weighted by molar-refractivity contribution is -0.134. The number of nitrogens with zero attached hydrogens (tertiary/aromatic N) is 1. The SMILES string of the molecule is O=C(C1CC1c1ccccc1)N1CCC[C@@H]1CO. The van der Waals surface area contributed by atoms with Crippen LogP contribution in [0.3, 0.4) is 0 Å². The maximum atomic E-state index is 12.4. The topological polar surface area (TPSA) is 40.5 Å². The van der Waals surface area contributed by atoms with Gasteiger partial charge in [-0.05, 0) is 30.7 Å². The van der Waals surface area contributed by atoms with Crippen LogP contribution in [0.15, 0.2) is 30.3 Å². The molecule has 1 aliphatic heterocycles. The van der Waals surface area contributed by atoms with Gasteiger partial charge in [-0.2, -0.15) is 0 Å². The fourth-order valence-corrected chi connectivity index (χ4v) is 3.07. The number of rotatable bonds is 3. The summed E-state index contributed by atoms with van der Waals surface area (Å²) in [6.07, 6.45) is 2.95. The number of benzene rings is 1. The summed E-state index contributed by atoms with van der Waals surface area (Å²) in [6, 6.07) is 10.3. The average molecular weight is 245 g/mol. The molecule has 2 aliphatic rings. The minimum atomic E-state index is 0.0644. The molecule has 1 saturated carbocycles. The molecule has 0 aromatic heterocycles. The van der Waals surface area contributed by atoms with Gasteiger partial charge in [0.05, 0.1) is 12.6 Å². The normalized spacial score (nSPS) is 30.5. The Bertz CT molecular complexity index is 431. The molecule has 2 unspecified atom stereocenters. The quantitative estimate of drug-likeness (QED) is 0.881. The lowest BCUT2D eigenvalue weighted by atomic mass is 10.1. The highest BCUT2D eigenvalue weighted by Gasteiger charge is 2.47. The maximum Gasteiger partial charge on any atom is 0.226 e. The highest BCUT2D eigenvalue weighted by molar-refractivity contribution is 5.83. The molecular weight excluding hydrogens is 226 g/mol. The van der Waals surface area contributed by atoms with Crippen molar-refractivity contribution in [2.75, 3.05) is 13.2 Å². The summed E-state index contributed by atoms with van der Waals surface area (Å²) in [5.74, 6) is 0.804. The Hall–Kier alpha value is -1.35. The first-order valence-electron chi connectivity index (χ1n) is 6.77. The van der Waals surface area contributed by atoms with E-state index in [-0.39, 0.29) is 24.5 Å². The van der Waals surface area contributed by atoms with E-state index in [2.05, 4.69) is 12.1 Å². The molecular formula is C15H19NO2. The summed E-state index contributed by atoms with van der Waals surface area (Å²) in [5.41, 5.74) is 1.27. The molecule has 18 heavy (non-hydrogen) atoms. The number of aliphatic hydroxyl groups excluding tert-OH is 1. The summed E-state index contributed by atoms with van der Waals surface area (Å²) in [6.45, 7) is 0.927. The van der Waals surface area contributed by atoms with Gasteiger partial charge in [0.25, 0.3) is 0 Å². The van der Waals surface area contributed by atoms with Crippen molar-refractivity contribution in [2.24, 2.45) is 5.92 Å². The van der Waals surface area contributed by atoms with Gasteiger partial charge in [0.1, 0.15) is 0 Å². The molecule has 3 rings (SSSR count). The zero-order chi connectivity index (χ0) is 12.5. The Labute approximate surface area is 107 Å². The lowest BCUT2D eigenvalue weighted by Gasteiger charge is -2.23. The van der Waals surface area contributed by atoms with E-state index in [9.17, 15) is 9.90 Å². The fraction of sp³-hybridized carbons (Fsp3) is 0.533. The van der Waals surface area contributed by atoms with Crippen LogP contribution < -0.4 is 0 Å². The molecule has 1 heterocycles. The fourth-order valence-electron chi connectivity index (χ4n) is 3.07. The van der Waals surface area contributed by atoms with Crippen LogP contribution in [0.4, 0.5) is 0 Å². The van der Waals surface area contributed by atoms with Gasteiger partial charge < -0.3 is 10.0 Å². The average Bonchev–Trinajstić information content (AvgIpc) is 3.08. The predicted octanol–water partition coefficient (Wildman–Crippen LogP) is 1.77. The first kappa shape index (κ1) is 11.7. The highest BCUT2D eigenvalue weighted by Crippen LogP contribution is 2.49. The van der Waals surface area contributed by atoms with Gasteiger partial charge in [-0.1, -0.05) is 30.3 Å². The minimum absolute atomic E-state index is 0.0644. The summed E-state index contributed by atoms with van der Waals surface area (Å²) < 4.78 is 0. The Morgan fingerprint density at radius 1 is 1.33 bits per heavy atom. The van der Waals surface area contributed by atoms with Crippen molar-refractivity contribution in [3.8, 4) is 0 Å². The number of carbonyl (C=O) groups excluding carboxylic acids is 1. The van der Waals surface area contributed by atoms with Crippen molar-refractivity contribution in [2.45, 2.75) is 31.2 Å². The zero-order valence-corrected chi connectivity index (χ0v) is 10.5. The van der Waals surface area contributed by atoms with Gasteiger partial charge in [0.2, 0.25) is 5.91 Å².